The maximum Gasteiger partial charge on any atom is 0.243 e. The van der Waals surface area contributed by atoms with Gasteiger partial charge in [0.15, 0.2) is 0 Å². The minimum absolute atomic E-state index is 0.393. The first-order valence-corrected chi connectivity index (χ1v) is 9.04. The van der Waals surface area contributed by atoms with E-state index in [1.807, 2.05) is 6.07 Å². The third-order valence-electron chi connectivity index (χ3n) is 3.33. The van der Waals surface area contributed by atoms with Crippen LogP contribution in [-0.2, 0) is 10.0 Å². The van der Waals surface area contributed by atoms with Gasteiger partial charge in [-0.15, -0.1) is 0 Å². The Labute approximate surface area is 123 Å². The molecule has 1 aliphatic rings. The van der Waals surface area contributed by atoms with Crippen molar-refractivity contribution in [3.8, 4) is 0 Å². The number of hydrogen-bond donors (Lipinski definition) is 0. The highest BCUT2D eigenvalue weighted by molar-refractivity contribution is 9.09. The summed E-state index contributed by atoms with van der Waals surface area (Å²) < 4.78 is 26.6. The first-order valence-electron chi connectivity index (χ1n) is 6.48. The number of halogens is 1. The zero-order chi connectivity index (χ0) is 13.7. The lowest BCUT2D eigenvalue weighted by molar-refractivity contribution is 0.305. The first-order chi connectivity index (χ1) is 9.14. The quantitative estimate of drug-likeness (QED) is 0.780. The highest BCUT2D eigenvalue weighted by atomic mass is 79.9. The van der Waals surface area contributed by atoms with Gasteiger partial charge in [-0.1, -0.05) is 34.1 Å². The summed E-state index contributed by atoms with van der Waals surface area (Å²) in [6.45, 7) is 3.92. The van der Waals surface area contributed by atoms with Crippen LogP contribution in [0.25, 0.3) is 0 Å². The van der Waals surface area contributed by atoms with Crippen LogP contribution in [0.4, 0.5) is 0 Å². The Balaban J connectivity index is 2.10. The molecule has 1 heterocycles. The molecule has 0 spiro atoms. The Bertz CT molecular complexity index is 493. The molecule has 2 rings (SSSR count). The number of benzene rings is 1. The smallest absolute Gasteiger partial charge is 0.243 e. The lowest BCUT2D eigenvalue weighted by Crippen LogP contribution is -2.35. The van der Waals surface area contributed by atoms with Gasteiger partial charge in [-0.05, 0) is 25.1 Å². The topological polar surface area (TPSA) is 40.6 Å². The summed E-state index contributed by atoms with van der Waals surface area (Å²) in [7, 11) is -3.33. The van der Waals surface area contributed by atoms with Crippen molar-refractivity contribution in [2.24, 2.45) is 0 Å². The van der Waals surface area contributed by atoms with E-state index < -0.39 is 10.0 Å². The molecule has 0 atom stereocenters. The van der Waals surface area contributed by atoms with Crippen molar-refractivity contribution in [3.05, 3.63) is 30.3 Å². The van der Waals surface area contributed by atoms with Gasteiger partial charge >= 0.3 is 0 Å². The van der Waals surface area contributed by atoms with Gasteiger partial charge in [-0.3, -0.25) is 0 Å². The van der Waals surface area contributed by atoms with Crippen molar-refractivity contribution in [3.63, 3.8) is 0 Å². The largest absolute Gasteiger partial charge is 0.301 e. The van der Waals surface area contributed by atoms with Gasteiger partial charge in [-0.25, -0.2) is 8.42 Å². The second-order valence-electron chi connectivity index (χ2n) is 4.60. The molecule has 4 nitrogen and oxygen atoms in total. The Hall–Kier alpha value is -0.430. The minimum Gasteiger partial charge on any atom is -0.301 e. The monoisotopic (exact) mass is 346 g/mol. The summed E-state index contributed by atoms with van der Waals surface area (Å²) in [6, 6.07) is 8.69. The molecule has 0 saturated carbocycles. The van der Waals surface area contributed by atoms with E-state index in [4.69, 9.17) is 0 Å². The molecule has 0 radical (unpaired) electrons. The molecule has 0 bridgehead atoms. The van der Waals surface area contributed by atoms with Crippen molar-refractivity contribution in [2.75, 3.05) is 38.1 Å². The highest BCUT2D eigenvalue weighted by Crippen LogP contribution is 2.17. The van der Waals surface area contributed by atoms with Gasteiger partial charge in [0.1, 0.15) is 0 Å². The molecule has 1 saturated heterocycles. The zero-order valence-electron chi connectivity index (χ0n) is 10.8. The molecule has 6 heteroatoms. The number of rotatable bonds is 4. The van der Waals surface area contributed by atoms with E-state index in [1.165, 1.54) is 0 Å². The molecule has 1 aliphatic heterocycles. The lowest BCUT2D eigenvalue weighted by Gasteiger charge is -2.21. The maximum atomic E-state index is 12.5. The molecule has 0 unspecified atom stereocenters. The summed E-state index contributed by atoms with van der Waals surface area (Å²) in [5.41, 5.74) is 0. The Morgan fingerprint density at radius 3 is 2.47 bits per heavy atom. The predicted octanol–water partition coefficient (Wildman–Crippen LogP) is 1.78. The summed E-state index contributed by atoms with van der Waals surface area (Å²) in [5.74, 6) is 0. The van der Waals surface area contributed by atoms with Crippen LogP contribution >= 0.6 is 15.9 Å². The summed E-state index contributed by atoms with van der Waals surface area (Å²) in [4.78, 5) is 2.69. The fourth-order valence-corrected chi connectivity index (χ4v) is 4.26. The van der Waals surface area contributed by atoms with Crippen molar-refractivity contribution in [2.45, 2.75) is 11.3 Å². The number of nitrogens with zero attached hydrogens (tertiary/aromatic N) is 2. The van der Waals surface area contributed by atoms with E-state index >= 15 is 0 Å². The highest BCUT2D eigenvalue weighted by Gasteiger charge is 2.26. The van der Waals surface area contributed by atoms with Gasteiger partial charge in [0.2, 0.25) is 10.0 Å². The molecule has 0 N–H and O–H groups in total. The average Bonchev–Trinajstić information content (AvgIpc) is 2.66. The van der Waals surface area contributed by atoms with E-state index in [0.29, 0.717) is 18.0 Å². The van der Waals surface area contributed by atoms with Crippen LogP contribution in [0.1, 0.15) is 6.42 Å². The van der Waals surface area contributed by atoms with Crippen LogP contribution < -0.4 is 0 Å². The number of sulfonamides is 1. The molecule has 106 valence electrons. The van der Waals surface area contributed by atoms with E-state index in [2.05, 4.69) is 20.8 Å². The van der Waals surface area contributed by atoms with E-state index in [9.17, 15) is 8.42 Å². The van der Waals surface area contributed by atoms with Crippen LogP contribution in [0.2, 0.25) is 0 Å². The van der Waals surface area contributed by atoms with Gasteiger partial charge in [0.05, 0.1) is 4.90 Å². The number of alkyl halides is 1. The molecule has 19 heavy (non-hydrogen) atoms. The van der Waals surface area contributed by atoms with Gasteiger partial charge in [0.25, 0.3) is 0 Å². The Kier molecular flexibility index (Phi) is 5.38. The summed E-state index contributed by atoms with van der Waals surface area (Å²) in [6.07, 6.45) is 0.888. The normalized spacial score (nSPS) is 19.2. The molecular weight excluding hydrogens is 328 g/mol. The average molecular weight is 347 g/mol. The van der Waals surface area contributed by atoms with Crippen LogP contribution in [-0.4, -0.2) is 55.7 Å². The third kappa shape index (κ3) is 3.78. The third-order valence-corrected chi connectivity index (χ3v) is 5.60. The second-order valence-corrected chi connectivity index (χ2v) is 7.33. The van der Waals surface area contributed by atoms with Gasteiger partial charge in [0, 0.05) is 31.5 Å². The maximum absolute atomic E-state index is 12.5. The van der Waals surface area contributed by atoms with Crippen LogP contribution in [0.3, 0.4) is 0 Å². The molecule has 1 aromatic rings. The molecule has 1 aromatic carbocycles. The second kappa shape index (κ2) is 6.83. The molecule has 0 aromatic heterocycles. The van der Waals surface area contributed by atoms with E-state index in [-0.39, 0.29) is 0 Å². The first kappa shape index (κ1) is 15.0. The Morgan fingerprint density at radius 1 is 1.05 bits per heavy atom. The molecule has 0 aliphatic carbocycles. The fraction of sp³-hybridized carbons (Fsp3) is 0.538. The Morgan fingerprint density at radius 2 is 1.79 bits per heavy atom. The fourth-order valence-electron chi connectivity index (χ4n) is 2.27. The standard InChI is InChI=1S/C13H19BrN2O2S/c14-7-10-15-8-4-9-16(12-11-15)19(17,18)13-5-2-1-3-6-13/h1-3,5-6H,4,7-12H2. The number of hydrogen-bond acceptors (Lipinski definition) is 3. The van der Waals surface area contributed by atoms with Crippen LogP contribution in [0.15, 0.2) is 35.2 Å². The van der Waals surface area contributed by atoms with E-state index in [1.54, 1.807) is 28.6 Å². The van der Waals surface area contributed by atoms with Crippen molar-refractivity contribution < 1.29 is 8.42 Å². The zero-order valence-corrected chi connectivity index (χ0v) is 13.2. The van der Waals surface area contributed by atoms with Gasteiger partial charge in [-0.2, -0.15) is 4.31 Å². The van der Waals surface area contributed by atoms with E-state index in [0.717, 1.165) is 31.4 Å². The van der Waals surface area contributed by atoms with Crippen LogP contribution in [0.5, 0.6) is 0 Å². The molecule has 0 amide bonds. The lowest BCUT2D eigenvalue weighted by atomic mass is 10.4. The van der Waals surface area contributed by atoms with Crippen LogP contribution in [0, 0.1) is 0 Å². The van der Waals surface area contributed by atoms with Crippen molar-refractivity contribution in [1.82, 2.24) is 9.21 Å². The predicted molar refractivity (Wildman–Crippen MR) is 80.1 cm³/mol. The van der Waals surface area contributed by atoms with Crippen molar-refractivity contribution >= 4 is 26.0 Å². The molecule has 1 fully saturated rings. The minimum atomic E-state index is -3.33. The SMILES string of the molecule is O=S(=O)(c1ccccc1)N1CCCN(CCBr)CC1. The van der Waals surface area contributed by atoms with Gasteiger partial charge < -0.3 is 4.90 Å². The summed E-state index contributed by atoms with van der Waals surface area (Å²) >= 11 is 3.43. The molecular formula is C13H19BrN2O2S. The van der Waals surface area contributed by atoms with Crippen molar-refractivity contribution in [1.29, 1.82) is 0 Å². The summed E-state index contributed by atoms with van der Waals surface area (Å²) in [5, 5.41) is 0.929.